The highest BCUT2D eigenvalue weighted by Crippen LogP contribution is 2.19. The minimum absolute atomic E-state index is 0.402. The molecule has 21 heavy (non-hydrogen) atoms. The lowest BCUT2D eigenvalue weighted by Gasteiger charge is -2.18. The second-order valence-electron chi connectivity index (χ2n) is 5.23. The molecule has 1 saturated heterocycles. The van der Waals surface area contributed by atoms with Crippen LogP contribution in [0.15, 0.2) is 34.9 Å². The number of carboxylic acid groups (broad SMARTS) is 1. The molecule has 0 radical (unpaired) electrons. The van der Waals surface area contributed by atoms with Crippen molar-refractivity contribution < 1.29 is 14.4 Å². The first-order chi connectivity index (χ1) is 10.2. The van der Waals surface area contributed by atoms with E-state index in [1.54, 1.807) is 0 Å². The number of carbonyl (C=O) groups is 1. The maximum atomic E-state index is 11.1. The van der Waals surface area contributed by atoms with Gasteiger partial charge in [0.25, 0.3) is 0 Å². The van der Waals surface area contributed by atoms with Crippen molar-refractivity contribution in [2.75, 3.05) is 6.54 Å². The summed E-state index contributed by atoms with van der Waals surface area (Å²) in [4.78, 5) is 17.4. The molecule has 1 unspecified atom stereocenters. The Morgan fingerprint density at radius 3 is 2.95 bits per heavy atom. The van der Waals surface area contributed by atoms with Crippen LogP contribution in [0.1, 0.15) is 30.1 Å². The van der Waals surface area contributed by atoms with Gasteiger partial charge in [0.05, 0.1) is 6.54 Å². The highest BCUT2D eigenvalue weighted by molar-refractivity contribution is 5.73. The number of nitrogens with zero attached hydrogens (tertiary/aromatic N) is 3. The maximum absolute atomic E-state index is 11.1. The fourth-order valence-electron chi connectivity index (χ4n) is 2.67. The first kappa shape index (κ1) is 13.8. The predicted molar refractivity (Wildman–Crippen MR) is 74.6 cm³/mol. The van der Waals surface area contributed by atoms with Gasteiger partial charge in [-0.1, -0.05) is 35.5 Å². The SMILES string of the molecule is O=C(O)C1CCCN1Cc1nc(Cc2ccccc2)no1. The van der Waals surface area contributed by atoms with Crippen LogP contribution in [0.25, 0.3) is 0 Å². The molecule has 1 atom stereocenters. The van der Waals surface area contributed by atoms with E-state index in [0.717, 1.165) is 18.5 Å². The number of aromatic nitrogens is 2. The standard InChI is InChI=1S/C15H17N3O3/c19-15(20)12-7-4-8-18(12)10-14-16-13(17-21-14)9-11-5-2-1-3-6-11/h1-3,5-6,12H,4,7-10H2,(H,19,20). The normalized spacial score (nSPS) is 19.0. The van der Waals surface area contributed by atoms with Gasteiger partial charge in [-0.25, -0.2) is 0 Å². The van der Waals surface area contributed by atoms with E-state index in [4.69, 9.17) is 9.63 Å². The van der Waals surface area contributed by atoms with Crippen LogP contribution in [0.4, 0.5) is 0 Å². The van der Waals surface area contributed by atoms with E-state index in [-0.39, 0.29) is 0 Å². The second kappa shape index (κ2) is 6.05. The minimum Gasteiger partial charge on any atom is -0.480 e. The summed E-state index contributed by atoms with van der Waals surface area (Å²) in [5.41, 5.74) is 1.12. The van der Waals surface area contributed by atoms with Gasteiger partial charge in [-0.2, -0.15) is 4.98 Å². The molecule has 0 spiro atoms. The monoisotopic (exact) mass is 287 g/mol. The van der Waals surface area contributed by atoms with E-state index < -0.39 is 12.0 Å². The maximum Gasteiger partial charge on any atom is 0.320 e. The molecule has 2 heterocycles. The molecule has 110 valence electrons. The molecule has 1 aromatic heterocycles. The van der Waals surface area contributed by atoms with Gasteiger partial charge in [-0.05, 0) is 24.9 Å². The lowest BCUT2D eigenvalue weighted by Crippen LogP contribution is -2.35. The van der Waals surface area contributed by atoms with Crippen LogP contribution in [0.5, 0.6) is 0 Å². The van der Waals surface area contributed by atoms with Gasteiger partial charge in [-0.3, -0.25) is 9.69 Å². The zero-order valence-corrected chi connectivity index (χ0v) is 11.6. The Morgan fingerprint density at radius 1 is 1.38 bits per heavy atom. The smallest absolute Gasteiger partial charge is 0.320 e. The number of aliphatic carboxylic acids is 1. The van der Waals surface area contributed by atoms with Crippen LogP contribution in [0.3, 0.4) is 0 Å². The Morgan fingerprint density at radius 2 is 2.19 bits per heavy atom. The molecule has 6 heteroatoms. The molecule has 1 aliphatic rings. The Kier molecular flexibility index (Phi) is 3.96. The first-order valence-electron chi connectivity index (χ1n) is 7.04. The Balaban J connectivity index is 1.64. The van der Waals surface area contributed by atoms with Crippen LogP contribution in [0.2, 0.25) is 0 Å². The molecule has 2 aromatic rings. The van der Waals surface area contributed by atoms with Crippen molar-refractivity contribution in [3.8, 4) is 0 Å². The van der Waals surface area contributed by atoms with Gasteiger partial charge in [0.15, 0.2) is 5.82 Å². The van der Waals surface area contributed by atoms with Gasteiger partial charge in [-0.15, -0.1) is 0 Å². The molecule has 0 aliphatic carbocycles. The fourth-order valence-corrected chi connectivity index (χ4v) is 2.67. The van der Waals surface area contributed by atoms with Crippen LogP contribution in [-0.2, 0) is 17.8 Å². The number of likely N-dealkylation sites (tertiary alicyclic amines) is 1. The number of hydrogen-bond donors (Lipinski definition) is 1. The van der Waals surface area contributed by atoms with Crippen LogP contribution >= 0.6 is 0 Å². The molecule has 0 bridgehead atoms. The van der Waals surface area contributed by atoms with Crippen molar-refractivity contribution in [3.05, 3.63) is 47.6 Å². The molecule has 3 rings (SSSR count). The summed E-state index contributed by atoms with van der Waals surface area (Å²) in [5, 5.41) is 13.1. The quantitative estimate of drug-likeness (QED) is 0.901. The van der Waals surface area contributed by atoms with Crippen molar-refractivity contribution in [1.29, 1.82) is 0 Å². The number of carboxylic acids is 1. The summed E-state index contributed by atoms with van der Waals surface area (Å²) in [6, 6.07) is 9.49. The molecular weight excluding hydrogens is 270 g/mol. The third-order valence-corrected chi connectivity index (χ3v) is 3.70. The highest BCUT2D eigenvalue weighted by atomic mass is 16.5. The third-order valence-electron chi connectivity index (χ3n) is 3.70. The Hall–Kier alpha value is -2.21. The van der Waals surface area contributed by atoms with Crippen molar-refractivity contribution in [1.82, 2.24) is 15.0 Å². The number of rotatable bonds is 5. The van der Waals surface area contributed by atoms with Gasteiger partial charge in [0, 0.05) is 6.42 Å². The van der Waals surface area contributed by atoms with E-state index in [2.05, 4.69) is 10.1 Å². The first-order valence-corrected chi connectivity index (χ1v) is 7.04. The minimum atomic E-state index is -0.781. The average Bonchev–Trinajstić information content (AvgIpc) is 3.10. The zero-order chi connectivity index (χ0) is 14.7. The van der Waals surface area contributed by atoms with Crippen molar-refractivity contribution in [3.63, 3.8) is 0 Å². The Bertz CT molecular complexity index is 612. The fraction of sp³-hybridized carbons (Fsp3) is 0.400. The van der Waals surface area contributed by atoms with Crippen molar-refractivity contribution >= 4 is 5.97 Å². The summed E-state index contributed by atoms with van der Waals surface area (Å²) in [6.07, 6.45) is 2.19. The van der Waals surface area contributed by atoms with E-state index in [9.17, 15) is 4.79 Å². The van der Waals surface area contributed by atoms with E-state index in [0.29, 0.717) is 31.1 Å². The molecule has 6 nitrogen and oxygen atoms in total. The lowest BCUT2D eigenvalue weighted by atomic mass is 10.1. The van der Waals surface area contributed by atoms with E-state index >= 15 is 0 Å². The van der Waals surface area contributed by atoms with E-state index in [1.807, 2.05) is 35.2 Å². The summed E-state index contributed by atoms with van der Waals surface area (Å²) in [5.74, 6) is 0.327. The molecule has 1 aliphatic heterocycles. The van der Waals surface area contributed by atoms with E-state index in [1.165, 1.54) is 0 Å². The van der Waals surface area contributed by atoms with Gasteiger partial charge in [0.2, 0.25) is 5.89 Å². The number of benzene rings is 1. The van der Waals surface area contributed by atoms with Crippen LogP contribution in [-0.4, -0.2) is 38.7 Å². The average molecular weight is 287 g/mol. The molecule has 0 amide bonds. The van der Waals surface area contributed by atoms with Crippen molar-refractivity contribution in [2.45, 2.75) is 31.8 Å². The van der Waals surface area contributed by atoms with Crippen LogP contribution < -0.4 is 0 Å². The summed E-state index contributed by atoms with van der Waals surface area (Å²) >= 11 is 0. The summed E-state index contributed by atoms with van der Waals surface area (Å²) < 4.78 is 5.23. The highest BCUT2D eigenvalue weighted by Gasteiger charge is 2.31. The number of hydrogen-bond acceptors (Lipinski definition) is 5. The predicted octanol–water partition coefficient (Wildman–Crippen LogP) is 1.71. The van der Waals surface area contributed by atoms with Gasteiger partial charge in [0.1, 0.15) is 6.04 Å². The van der Waals surface area contributed by atoms with Crippen molar-refractivity contribution in [2.24, 2.45) is 0 Å². The molecule has 1 N–H and O–H groups in total. The van der Waals surface area contributed by atoms with Crippen LogP contribution in [0, 0.1) is 0 Å². The van der Waals surface area contributed by atoms with Gasteiger partial charge >= 0.3 is 5.97 Å². The lowest BCUT2D eigenvalue weighted by molar-refractivity contribution is -0.142. The molecule has 0 saturated carbocycles. The Labute approximate surface area is 122 Å². The second-order valence-corrected chi connectivity index (χ2v) is 5.23. The molecule has 1 aromatic carbocycles. The summed E-state index contributed by atoms with van der Waals surface area (Å²) in [7, 11) is 0. The molecule has 1 fully saturated rings. The summed E-state index contributed by atoms with van der Waals surface area (Å²) in [6.45, 7) is 1.16. The molecular formula is C15H17N3O3. The largest absolute Gasteiger partial charge is 0.480 e. The van der Waals surface area contributed by atoms with Gasteiger partial charge < -0.3 is 9.63 Å². The zero-order valence-electron chi connectivity index (χ0n) is 11.6. The topological polar surface area (TPSA) is 79.5 Å². The third kappa shape index (κ3) is 3.28.